The molecule has 1 heterocycles. The molecule has 2 nitrogen and oxygen atoms in total. The number of aryl methyl sites for hydroxylation is 1. The Morgan fingerprint density at radius 1 is 1.43 bits per heavy atom. The monoisotopic (exact) mass is 188 g/mol. The molecule has 0 aromatic heterocycles. The molecule has 0 unspecified atom stereocenters. The first kappa shape index (κ1) is 9.00. The van der Waals surface area contributed by atoms with Gasteiger partial charge in [-0.25, -0.2) is 0 Å². The van der Waals surface area contributed by atoms with E-state index in [4.69, 9.17) is 4.74 Å². The number of rotatable bonds is 1. The zero-order valence-electron chi connectivity index (χ0n) is 8.07. The second-order valence-corrected chi connectivity index (χ2v) is 3.51. The van der Waals surface area contributed by atoms with E-state index in [0.717, 1.165) is 5.56 Å². The Balaban J connectivity index is 2.23. The Morgan fingerprint density at radius 3 is 3.00 bits per heavy atom. The summed E-state index contributed by atoms with van der Waals surface area (Å²) in [6.07, 6.45) is 3.30. The van der Waals surface area contributed by atoms with Gasteiger partial charge in [0, 0.05) is 6.08 Å². The largest absolute Gasteiger partial charge is 0.493 e. The molecule has 0 saturated carbocycles. The van der Waals surface area contributed by atoms with E-state index in [9.17, 15) is 4.79 Å². The summed E-state index contributed by atoms with van der Waals surface area (Å²) in [4.78, 5) is 11.2. The van der Waals surface area contributed by atoms with Crippen LogP contribution >= 0.6 is 0 Å². The standard InChI is InChI=1S/C12H12O2/c1-9-3-2-4-10(7-9)12-8-11(13)5-6-14-12/h2-7,12H,8H2,1H3/t12-/m0/s1. The van der Waals surface area contributed by atoms with Crippen molar-refractivity contribution >= 4 is 5.78 Å². The van der Waals surface area contributed by atoms with Gasteiger partial charge in [0.2, 0.25) is 0 Å². The molecule has 0 bridgehead atoms. The fraction of sp³-hybridized carbons (Fsp3) is 0.250. The lowest BCUT2D eigenvalue weighted by atomic mass is 10.0. The Labute approximate surface area is 83.2 Å². The van der Waals surface area contributed by atoms with Crippen LogP contribution in [0.5, 0.6) is 0 Å². The molecule has 1 aliphatic heterocycles. The molecule has 0 fully saturated rings. The minimum Gasteiger partial charge on any atom is -0.493 e. The maximum absolute atomic E-state index is 11.2. The molecular weight excluding hydrogens is 176 g/mol. The van der Waals surface area contributed by atoms with Crippen molar-refractivity contribution in [2.45, 2.75) is 19.4 Å². The Bertz CT molecular complexity index is 380. The molecule has 1 aromatic rings. The number of hydrogen-bond donors (Lipinski definition) is 0. The van der Waals surface area contributed by atoms with Gasteiger partial charge >= 0.3 is 0 Å². The molecular formula is C12H12O2. The molecule has 0 amide bonds. The van der Waals surface area contributed by atoms with E-state index in [1.54, 1.807) is 0 Å². The molecule has 2 rings (SSSR count). The van der Waals surface area contributed by atoms with E-state index in [2.05, 4.69) is 6.07 Å². The number of carbonyl (C=O) groups excluding carboxylic acids is 1. The van der Waals surface area contributed by atoms with Crippen molar-refractivity contribution in [2.24, 2.45) is 0 Å². The zero-order chi connectivity index (χ0) is 9.97. The first-order chi connectivity index (χ1) is 6.75. The van der Waals surface area contributed by atoms with Gasteiger partial charge in [-0.1, -0.05) is 29.8 Å². The first-order valence-corrected chi connectivity index (χ1v) is 4.67. The third-order valence-electron chi connectivity index (χ3n) is 2.30. The fourth-order valence-corrected chi connectivity index (χ4v) is 1.58. The van der Waals surface area contributed by atoms with Gasteiger partial charge in [0.25, 0.3) is 0 Å². The Kier molecular flexibility index (Phi) is 2.35. The predicted octanol–water partition coefficient (Wildman–Crippen LogP) is 2.54. The van der Waals surface area contributed by atoms with Gasteiger partial charge in [-0.05, 0) is 12.5 Å². The lowest BCUT2D eigenvalue weighted by molar-refractivity contribution is -0.118. The number of benzene rings is 1. The molecule has 14 heavy (non-hydrogen) atoms. The van der Waals surface area contributed by atoms with E-state index in [-0.39, 0.29) is 11.9 Å². The second-order valence-electron chi connectivity index (χ2n) is 3.51. The summed E-state index contributed by atoms with van der Waals surface area (Å²) in [6, 6.07) is 8.06. The fourth-order valence-electron chi connectivity index (χ4n) is 1.58. The highest BCUT2D eigenvalue weighted by Gasteiger charge is 2.18. The van der Waals surface area contributed by atoms with Gasteiger partial charge in [0.15, 0.2) is 5.78 Å². The van der Waals surface area contributed by atoms with Crippen LogP contribution in [0, 0.1) is 6.92 Å². The van der Waals surface area contributed by atoms with E-state index >= 15 is 0 Å². The van der Waals surface area contributed by atoms with E-state index in [0.29, 0.717) is 6.42 Å². The van der Waals surface area contributed by atoms with Crippen LogP contribution in [-0.4, -0.2) is 5.78 Å². The normalized spacial score (nSPS) is 20.6. The smallest absolute Gasteiger partial charge is 0.162 e. The van der Waals surface area contributed by atoms with Crippen LogP contribution in [0.2, 0.25) is 0 Å². The van der Waals surface area contributed by atoms with Crippen molar-refractivity contribution in [1.29, 1.82) is 0 Å². The Hall–Kier alpha value is -1.57. The van der Waals surface area contributed by atoms with E-state index in [1.807, 2.05) is 25.1 Å². The Morgan fingerprint density at radius 2 is 2.29 bits per heavy atom. The predicted molar refractivity (Wildman–Crippen MR) is 53.8 cm³/mol. The van der Waals surface area contributed by atoms with Gasteiger partial charge in [0.05, 0.1) is 12.7 Å². The maximum atomic E-state index is 11.2. The lowest BCUT2D eigenvalue weighted by Crippen LogP contribution is -2.11. The summed E-state index contributed by atoms with van der Waals surface area (Å²) in [5.41, 5.74) is 2.26. The molecule has 0 radical (unpaired) electrons. The SMILES string of the molecule is Cc1cccc([C@@H]2CC(=O)C=CO2)c1. The average Bonchev–Trinajstić information content (AvgIpc) is 2.18. The molecule has 0 N–H and O–H groups in total. The topological polar surface area (TPSA) is 26.3 Å². The van der Waals surface area contributed by atoms with Crippen LogP contribution in [-0.2, 0) is 9.53 Å². The average molecular weight is 188 g/mol. The summed E-state index contributed by atoms with van der Waals surface area (Å²) in [6.45, 7) is 2.03. The van der Waals surface area contributed by atoms with Crippen molar-refractivity contribution in [3.63, 3.8) is 0 Å². The number of ether oxygens (including phenoxy) is 1. The van der Waals surface area contributed by atoms with Crippen LogP contribution < -0.4 is 0 Å². The van der Waals surface area contributed by atoms with Gasteiger partial charge < -0.3 is 4.74 Å². The number of carbonyl (C=O) groups is 1. The van der Waals surface area contributed by atoms with Crippen LogP contribution in [0.1, 0.15) is 23.7 Å². The molecule has 0 spiro atoms. The molecule has 1 atom stereocenters. The number of hydrogen-bond acceptors (Lipinski definition) is 2. The minimum absolute atomic E-state index is 0.104. The minimum atomic E-state index is -0.104. The quantitative estimate of drug-likeness (QED) is 0.677. The summed E-state index contributed by atoms with van der Waals surface area (Å²) < 4.78 is 5.39. The highest BCUT2D eigenvalue weighted by atomic mass is 16.5. The highest BCUT2D eigenvalue weighted by molar-refractivity contribution is 5.90. The summed E-state index contributed by atoms with van der Waals surface area (Å²) in [7, 11) is 0. The summed E-state index contributed by atoms with van der Waals surface area (Å²) >= 11 is 0. The molecule has 2 heteroatoms. The second kappa shape index (κ2) is 3.66. The third-order valence-corrected chi connectivity index (χ3v) is 2.30. The molecule has 1 aliphatic rings. The van der Waals surface area contributed by atoms with Gasteiger partial charge in [-0.2, -0.15) is 0 Å². The van der Waals surface area contributed by atoms with Gasteiger partial charge in [-0.15, -0.1) is 0 Å². The van der Waals surface area contributed by atoms with Crippen molar-refractivity contribution in [2.75, 3.05) is 0 Å². The van der Waals surface area contributed by atoms with Gasteiger partial charge in [0.1, 0.15) is 6.10 Å². The molecule has 72 valence electrons. The number of allylic oxidation sites excluding steroid dienone is 1. The zero-order valence-corrected chi connectivity index (χ0v) is 8.07. The van der Waals surface area contributed by atoms with Crippen molar-refractivity contribution < 1.29 is 9.53 Å². The van der Waals surface area contributed by atoms with E-state index in [1.165, 1.54) is 17.9 Å². The number of ketones is 1. The molecule has 0 saturated heterocycles. The summed E-state index contributed by atoms with van der Waals surface area (Å²) in [5.74, 6) is 0.128. The molecule has 0 aliphatic carbocycles. The van der Waals surface area contributed by atoms with Crippen LogP contribution in [0.15, 0.2) is 36.6 Å². The van der Waals surface area contributed by atoms with Crippen LogP contribution in [0.4, 0.5) is 0 Å². The van der Waals surface area contributed by atoms with Crippen LogP contribution in [0.3, 0.4) is 0 Å². The highest BCUT2D eigenvalue weighted by Crippen LogP contribution is 2.25. The third kappa shape index (κ3) is 1.84. The van der Waals surface area contributed by atoms with Crippen molar-refractivity contribution in [3.05, 3.63) is 47.7 Å². The van der Waals surface area contributed by atoms with Crippen molar-refractivity contribution in [3.8, 4) is 0 Å². The summed E-state index contributed by atoms with van der Waals surface area (Å²) in [5, 5.41) is 0. The first-order valence-electron chi connectivity index (χ1n) is 4.67. The maximum Gasteiger partial charge on any atom is 0.162 e. The lowest BCUT2D eigenvalue weighted by Gasteiger charge is -2.19. The van der Waals surface area contributed by atoms with Crippen LogP contribution in [0.25, 0.3) is 0 Å². The van der Waals surface area contributed by atoms with Crippen molar-refractivity contribution in [1.82, 2.24) is 0 Å². The van der Waals surface area contributed by atoms with E-state index < -0.39 is 0 Å². The molecule has 1 aromatic carbocycles. The van der Waals surface area contributed by atoms with Gasteiger partial charge in [-0.3, -0.25) is 4.79 Å².